The number of carbonyl (C=O) groups is 3. The van der Waals surface area contributed by atoms with E-state index in [4.69, 9.17) is 0 Å². The van der Waals surface area contributed by atoms with Gasteiger partial charge in [0.15, 0.2) is 0 Å². The minimum absolute atomic E-state index is 0.0413. The van der Waals surface area contributed by atoms with Crippen molar-refractivity contribution in [3.63, 3.8) is 0 Å². The number of anilines is 1. The fraction of sp³-hybridized carbons (Fsp3) is 0.556. The molecule has 0 saturated carbocycles. The van der Waals surface area contributed by atoms with Crippen LogP contribution >= 0.6 is 0 Å². The topological polar surface area (TPSA) is 103 Å². The first-order valence-electron chi connectivity index (χ1n) is 8.97. The molecule has 2 heterocycles. The largest absolute Gasteiger partial charge is 0.338 e. The molecule has 142 valence electrons. The molecule has 1 aliphatic rings. The maximum absolute atomic E-state index is 12.4. The van der Waals surface area contributed by atoms with E-state index in [-0.39, 0.29) is 17.7 Å². The van der Waals surface area contributed by atoms with E-state index in [9.17, 15) is 14.4 Å². The molecule has 1 atom stereocenters. The Kier molecular flexibility index (Phi) is 7.08. The molecule has 1 aromatic heterocycles. The summed E-state index contributed by atoms with van der Waals surface area (Å²) in [5, 5.41) is 7.71. The molecule has 0 spiro atoms. The zero-order chi connectivity index (χ0) is 19.1. The van der Waals surface area contributed by atoms with Crippen molar-refractivity contribution >= 4 is 23.7 Å². The zero-order valence-electron chi connectivity index (χ0n) is 15.5. The summed E-state index contributed by atoms with van der Waals surface area (Å²) in [4.78, 5) is 42.1. The Morgan fingerprint density at radius 3 is 2.54 bits per heavy atom. The van der Waals surface area contributed by atoms with Crippen LogP contribution in [0.15, 0.2) is 18.3 Å². The highest BCUT2D eigenvalue weighted by Gasteiger charge is 2.30. The van der Waals surface area contributed by atoms with Gasteiger partial charge in [0.2, 0.25) is 11.8 Å². The highest BCUT2D eigenvalue weighted by molar-refractivity contribution is 5.96. The van der Waals surface area contributed by atoms with Crippen molar-refractivity contribution in [2.45, 2.75) is 39.7 Å². The van der Waals surface area contributed by atoms with Crippen LogP contribution in [0.2, 0.25) is 0 Å². The van der Waals surface area contributed by atoms with Gasteiger partial charge in [-0.15, -0.1) is 0 Å². The lowest BCUT2D eigenvalue weighted by Crippen LogP contribution is -2.52. The number of carbonyl (C=O) groups excluding carboxylic acids is 3. The Morgan fingerprint density at radius 2 is 1.96 bits per heavy atom. The molecule has 8 nitrogen and oxygen atoms in total. The van der Waals surface area contributed by atoms with Gasteiger partial charge in [0.25, 0.3) is 0 Å². The summed E-state index contributed by atoms with van der Waals surface area (Å²) in [5.41, 5.74) is 1.04. The number of likely N-dealkylation sites (tertiary alicyclic amines) is 1. The fourth-order valence-electron chi connectivity index (χ4n) is 2.91. The number of hydrogen-bond donors (Lipinski definition) is 3. The summed E-state index contributed by atoms with van der Waals surface area (Å²) in [5.74, 6) is 0.0776. The average molecular weight is 361 g/mol. The molecule has 0 radical (unpaired) electrons. The van der Waals surface area contributed by atoms with E-state index < -0.39 is 12.1 Å². The quantitative estimate of drug-likeness (QED) is 0.733. The summed E-state index contributed by atoms with van der Waals surface area (Å²) < 4.78 is 0. The van der Waals surface area contributed by atoms with Gasteiger partial charge in [-0.25, -0.2) is 9.78 Å². The monoisotopic (exact) mass is 361 g/mol. The van der Waals surface area contributed by atoms with E-state index in [1.807, 2.05) is 17.9 Å². The van der Waals surface area contributed by atoms with Crippen molar-refractivity contribution in [2.75, 3.05) is 25.0 Å². The lowest BCUT2D eigenvalue weighted by atomic mass is 9.95. The zero-order valence-corrected chi connectivity index (χ0v) is 15.5. The fourth-order valence-corrected chi connectivity index (χ4v) is 2.91. The molecule has 1 fully saturated rings. The second-order valence-corrected chi connectivity index (χ2v) is 6.54. The summed E-state index contributed by atoms with van der Waals surface area (Å²) in [6.07, 6.45) is 3.04. The van der Waals surface area contributed by atoms with Crippen molar-refractivity contribution in [1.29, 1.82) is 0 Å². The molecule has 26 heavy (non-hydrogen) atoms. The van der Waals surface area contributed by atoms with Gasteiger partial charge in [-0.05, 0) is 58.3 Å². The van der Waals surface area contributed by atoms with Crippen LogP contribution in [0.4, 0.5) is 10.6 Å². The van der Waals surface area contributed by atoms with Gasteiger partial charge in [-0.3, -0.25) is 19.8 Å². The smallest absolute Gasteiger partial charge is 0.321 e. The SMILES string of the molecule is CCNC(=O)NC(=O)C(C)N1CCC(C(=O)Nc2ccc(C)cn2)CC1. The van der Waals surface area contributed by atoms with Gasteiger partial charge in [0.05, 0.1) is 6.04 Å². The van der Waals surface area contributed by atoms with Gasteiger partial charge in [-0.1, -0.05) is 6.07 Å². The minimum atomic E-state index is -0.482. The Balaban J connectivity index is 1.80. The maximum Gasteiger partial charge on any atom is 0.321 e. The number of imide groups is 1. The minimum Gasteiger partial charge on any atom is -0.338 e. The Labute approximate surface area is 153 Å². The first-order chi connectivity index (χ1) is 12.4. The van der Waals surface area contributed by atoms with E-state index in [0.717, 1.165) is 5.56 Å². The number of piperidine rings is 1. The molecule has 0 aromatic carbocycles. The summed E-state index contributed by atoms with van der Waals surface area (Å²) in [6, 6.07) is 2.79. The predicted molar refractivity (Wildman–Crippen MR) is 98.6 cm³/mol. The molecule has 1 aliphatic heterocycles. The number of aromatic nitrogens is 1. The van der Waals surface area contributed by atoms with Crippen molar-refractivity contribution in [1.82, 2.24) is 20.5 Å². The Bertz CT molecular complexity index is 639. The number of urea groups is 1. The molecule has 1 unspecified atom stereocenters. The third-order valence-corrected chi connectivity index (χ3v) is 4.56. The third-order valence-electron chi connectivity index (χ3n) is 4.56. The molecular weight excluding hydrogens is 334 g/mol. The van der Waals surface area contributed by atoms with Crippen LogP contribution in [0.25, 0.3) is 0 Å². The van der Waals surface area contributed by atoms with Crippen molar-refractivity contribution < 1.29 is 14.4 Å². The first kappa shape index (κ1) is 19.8. The maximum atomic E-state index is 12.4. The second kappa shape index (κ2) is 9.28. The summed E-state index contributed by atoms with van der Waals surface area (Å²) in [7, 11) is 0. The van der Waals surface area contributed by atoms with Crippen LogP contribution in [0.3, 0.4) is 0 Å². The molecule has 2 rings (SSSR count). The van der Waals surface area contributed by atoms with Crippen LogP contribution in [0, 0.1) is 12.8 Å². The second-order valence-electron chi connectivity index (χ2n) is 6.54. The summed E-state index contributed by atoms with van der Waals surface area (Å²) >= 11 is 0. The normalized spacial score (nSPS) is 16.6. The number of nitrogens with zero attached hydrogens (tertiary/aromatic N) is 2. The standard InChI is InChI=1S/C18H27N5O3/c1-4-19-18(26)22-16(24)13(3)23-9-7-14(8-10-23)17(25)21-15-6-5-12(2)11-20-15/h5-6,11,13-14H,4,7-10H2,1-3H3,(H,20,21,25)(H2,19,22,24,26). The molecule has 1 aromatic rings. The highest BCUT2D eigenvalue weighted by Crippen LogP contribution is 2.20. The van der Waals surface area contributed by atoms with E-state index in [0.29, 0.717) is 38.3 Å². The van der Waals surface area contributed by atoms with Crippen LogP contribution in [0.5, 0.6) is 0 Å². The first-order valence-corrected chi connectivity index (χ1v) is 8.97. The van der Waals surface area contributed by atoms with Crippen LogP contribution in [0.1, 0.15) is 32.3 Å². The van der Waals surface area contributed by atoms with Crippen LogP contribution in [-0.4, -0.2) is 53.4 Å². The third kappa shape index (κ3) is 5.52. The molecule has 0 bridgehead atoms. The number of pyridine rings is 1. The van der Waals surface area contributed by atoms with E-state index >= 15 is 0 Å². The molecule has 4 amide bonds. The number of aryl methyl sites for hydroxylation is 1. The number of amides is 4. The van der Waals surface area contributed by atoms with Gasteiger partial charge in [0.1, 0.15) is 5.82 Å². The lowest BCUT2D eigenvalue weighted by Gasteiger charge is -2.34. The molecule has 1 saturated heterocycles. The van der Waals surface area contributed by atoms with Gasteiger partial charge >= 0.3 is 6.03 Å². The number of hydrogen-bond acceptors (Lipinski definition) is 5. The Hall–Kier alpha value is -2.48. The van der Waals surface area contributed by atoms with Gasteiger partial charge < -0.3 is 10.6 Å². The van der Waals surface area contributed by atoms with E-state index in [1.165, 1.54) is 0 Å². The van der Waals surface area contributed by atoms with Crippen molar-refractivity contribution in [3.05, 3.63) is 23.9 Å². The molecule has 3 N–H and O–H groups in total. The number of nitrogens with one attached hydrogen (secondary N) is 3. The molecule has 0 aliphatic carbocycles. The average Bonchev–Trinajstić information content (AvgIpc) is 2.63. The van der Waals surface area contributed by atoms with Crippen LogP contribution in [-0.2, 0) is 9.59 Å². The van der Waals surface area contributed by atoms with Crippen LogP contribution < -0.4 is 16.0 Å². The van der Waals surface area contributed by atoms with E-state index in [1.54, 1.807) is 26.1 Å². The van der Waals surface area contributed by atoms with Gasteiger partial charge in [0, 0.05) is 18.7 Å². The highest BCUT2D eigenvalue weighted by atomic mass is 16.2. The molecule has 8 heteroatoms. The molecular formula is C18H27N5O3. The van der Waals surface area contributed by atoms with Gasteiger partial charge in [-0.2, -0.15) is 0 Å². The summed E-state index contributed by atoms with van der Waals surface area (Å²) in [6.45, 7) is 7.22. The van der Waals surface area contributed by atoms with Crippen molar-refractivity contribution in [2.24, 2.45) is 5.92 Å². The van der Waals surface area contributed by atoms with Crippen molar-refractivity contribution in [3.8, 4) is 0 Å². The van der Waals surface area contributed by atoms with E-state index in [2.05, 4.69) is 20.9 Å². The lowest BCUT2D eigenvalue weighted by molar-refractivity contribution is -0.126. The predicted octanol–water partition coefficient (Wildman–Crippen LogP) is 1.27. The number of rotatable bonds is 5. The Morgan fingerprint density at radius 1 is 1.27 bits per heavy atom.